The monoisotopic (exact) mass is 320 g/mol. The van der Waals surface area contributed by atoms with Gasteiger partial charge in [0.15, 0.2) is 0 Å². The summed E-state index contributed by atoms with van der Waals surface area (Å²) in [4.78, 5) is 24.1. The van der Waals surface area contributed by atoms with Gasteiger partial charge in [-0.15, -0.1) is 0 Å². The highest BCUT2D eigenvalue weighted by Gasteiger charge is 2.26. The lowest BCUT2D eigenvalue weighted by Gasteiger charge is -2.23. The summed E-state index contributed by atoms with van der Waals surface area (Å²) in [6.45, 7) is 11.5. The Bertz CT molecular complexity index is 560. The number of hydrogen-bond acceptors (Lipinski definition) is 3. The van der Waals surface area contributed by atoms with Crippen molar-refractivity contribution in [3.05, 3.63) is 24.3 Å². The highest BCUT2D eigenvalue weighted by molar-refractivity contribution is 5.95. The highest BCUT2D eigenvalue weighted by Crippen LogP contribution is 2.25. The molecule has 0 unspecified atom stereocenters. The zero-order valence-electron chi connectivity index (χ0n) is 14.9. The van der Waals surface area contributed by atoms with Crippen LogP contribution in [0.25, 0.3) is 0 Å². The standard InChI is InChI=1S/C18H28N2O3/c1-7-11-18(5,6)15(21)19-13-9-8-10-14(12-13)23-16(22)20-17(2,3)4/h8-10,12H,7,11H2,1-6H3,(H,19,21)(H,20,22). The number of benzene rings is 1. The Hall–Kier alpha value is -2.04. The maximum absolute atomic E-state index is 12.3. The zero-order valence-corrected chi connectivity index (χ0v) is 14.9. The molecule has 0 heterocycles. The average Bonchev–Trinajstić information content (AvgIpc) is 2.36. The lowest BCUT2D eigenvalue weighted by molar-refractivity contribution is -0.124. The molecule has 0 radical (unpaired) electrons. The van der Waals surface area contributed by atoms with E-state index in [1.165, 1.54) is 0 Å². The molecule has 0 aliphatic carbocycles. The molecule has 2 N–H and O–H groups in total. The summed E-state index contributed by atoms with van der Waals surface area (Å²) < 4.78 is 5.24. The third kappa shape index (κ3) is 6.72. The predicted molar refractivity (Wildman–Crippen MR) is 92.7 cm³/mol. The van der Waals surface area contributed by atoms with Gasteiger partial charge in [-0.05, 0) is 39.3 Å². The number of anilines is 1. The first kappa shape index (κ1) is 19.0. The number of carbonyl (C=O) groups excluding carboxylic acids is 2. The van der Waals surface area contributed by atoms with E-state index >= 15 is 0 Å². The van der Waals surface area contributed by atoms with E-state index in [2.05, 4.69) is 17.6 Å². The van der Waals surface area contributed by atoms with Gasteiger partial charge < -0.3 is 15.4 Å². The first-order valence-electron chi connectivity index (χ1n) is 7.95. The molecule has 0 aliphatic rings. The molecule has 0 saturated heterocycles. The molecule has 128 valence electrons. The summed E-state index contributed by atoms with van der Waals surface area (Å²) in [5, 5.41) is 5.60. The molecule has 1 rings (SSSR count). The van der Waals surface area contributed by atoms with Crippen LogP contribution < -0.4 is 15.4 Å². The first-order chi connectivity index (χ1) is 10.5. The average molecular weight is 320 g/mol. The minimum absolute atomic E-state index is 0.0457. The maximum atomic E-state index is 12.3. The van der Waals surface area contributed by atoms with Gasteiger partial charge in [0, 0.05) is 22.7 Å². The van der Waals surface area contributed by atoms with E-state index in [0.717, 1.165) is 12.8 Å². The second kappa shape index (κ2) is 7.49. The Labute approximate surface area is 138 Å². The molecule has 1 aromatic rings. The van der Waals surface area contributed by atoms with Gasteiger partial charge in [0.1, 0.15) is 5.75 Å². The smallest absolute Gasteiger partial charge is 0.410 e. The Morgan fingerprint density at radius 1 is 1.13 bits per heavy atom. The van der Waals surface area contributed by atoms with Gasteiger partial charge in [0.05, 0.1) is 0 Å². The van der Waals surface area contributed by atoms with Crippen LogP contribution in [0.15, 0.2) is 24.3 Å². The number of nitrogens with one attached hydrogen (secondary N) is 2. The third-order valence-corrected chi connectivity index (χ3v) is 3.27. The van der Waals surface area contributed by atoms with Crippen LogP contribution in [0.2, 0.25) is 0 Å². The summed E-state index contributed by atoms with van der Waals surface area (Å²) >= 11 is 0. The van der Waals surface area contributed by atoms with E-state index in [1.54, 1.807) is 24.3 Å². The fourth-order valence-corrected chi connectivity index (χ4v) is 2.11. The zero-order chi connectivity index (χ0) is 17.7. The molecule has 0 saturated carbocycles. The number of ether oxygens (including phenoxy) is 1. The van der Waals surface area contributed by atoms with E-state index in [0.29, 0.717) is 11.4 Å². The van der Waals surface area contributed by atoms with Crippen LogP contribution in [0.3, 0.4) is 0 Å². The Kier molecular flexibility index (Phi) is 6.19. The topological polar surface area (TPSA) is 67.4 Å². The largest absolute Gasteiger partial charge is 0.413 e. The van der Waals surface area contributed by atoms with Gasteiger partial charge in [-0.25, -0.2) is 4.79 Å². The third-order valence-electron chi connectivity index (χ3n) is 3.27. The number of amides is 2. The normalized spacial score (nSPS) is 11.7. The van der Waals surface area contributed by atoms with Gasteiger partial charge in [-0.3, -0.25) is 4.79 Å². The maximum Gasteiger partial charge on any atom is 0.413 e. The van der Waals surface area contributed by atoms with Crippen LogP contribution in [0, 0.1) is 5.41 Å². The second-order valence-corrected chi connectivity index (χ2v) is 7.38. The molecule has 0 fully saturated rings. The number of rotatable bonds is 5. The van der Waals surface area contributed by atoms with Crippen LogP contribution in [0.4, 0.5) is 10.5 Å². The lowest BCUT2D eigenvalue weighted by Crippen LogP contribution is -2.42. The van der Waals surface area contributed by atoms with Gasteiger partial charge in [-0.1, -0.05) is 33.3 Å². The Morgan fingerprint density at radius 2 is 1.78 bits per heavy atom. The van der Waals surface area contributed by atoms with E-state index in [4.69, 9.17) is 4.74 Å². The van der Waals surface area contributed by atoms with Gasteiger partial charge >= 0.3 is 6.09 Å². The van der Waals surface area contributed by atoms with Crippen molar-refractivity contribution in [1.29, 1.82) is 0 Å². The molecule has 0 spiro atoms. The van der Waals surface area contributed by atoms with Crippen LogP contribution in [-0.2, 0) is 4.79 Å². The minimum atomic E-state index is -0.521. The minimum Gasteiger partial charge on any atom is -0.410 e. The molecular formula is C18H28N2O3. The summed E-state index contributed by atoms with van der Waals surface area (Å²) in [6, 6.07) is 6.83. The summed E-state index contributed by atoms with van der Waals surface area (Å²) in [5.74, 6) is 0.341. The van der Waals surface area contributed by atoms with Gasteiger partial charge in [0.2, 0.25) is 5.91 Å². The summed E-state index contributed by atoms with van der Waals surface area (Å²) in [7, 11) is 0. The molecule has 5 nitrogen and oxygen atoms in total. The molecule has 5 heteroatoms. The molecule has 1 aromatic carbocycles. The fraction of sp³-hybridized carbons (Fsp3) is 0.556. The summed E-state index contributed by atoms with van der Waals surface area (Å²) in [6.07, 6.45) is 1.23. The van der Waals surface area contributed by atoms with E-state index in [1.807, 2.05) is 34.6 Å². The van der Waals surface area contributed by atoms with E-state index < -0.39 is 11.5 Å². The SMILES string of the molecule is CCCC(C)(C)C(=O)Nc1cccc(OC(=O)NC(C)(C)C)c1. The van der Waals surface area contributed by atoms with Crippen molar-refractivity contribution in [2.45, 2.75) is 59.9 Å². The Morgan fingerprint density at radius 3 is 2.35 bits per heavy atom. The molecular weight excluding hydrogens is 292 g/mol. The van der Waals surface area contributed by atoms with Crippen molar-refractivity contribution < 1.29 is 14.3 Å². The molecule has 0 aliphatic heterocycles. The number of carbonyl (C=O) groups is 2. The van der Waals surface area contributed by atoms with Crippen molar-refractivity contribution >= 4 is 17.7 Å². The fourth-order valence-electron chi connectivity index (χ4n) is 2.11. The van der Waals surface area contributed by atoms with Gasteiger partial charge in [-0.2, -0.15) is 0 Å². The second-order valence-electron chi connectivity index (χ2n) is 7.38. The molecule has 0 aromatic heterocycles. The van der Waals surface area contributed by atoms with Crippen LogP contribution in [0.5, 0.6) is 5.75 Å². The number of hydrogen-bond donors (Lipinski definition) is 2. The van der Waals surface area contributed by atoms with Crippen molar-refractivity contribution in [3.63, 3.8) is 0 Å². The first-order valence-corrected chi connectivity index (χ1v) is 7.95. The Balaban J connectivity index is 2.74. The van der Waals surface area contributed by atoms with Gasteiger partial charge in [0.25, 0.3) is 0 Å². The molecule has 0 atom stereocenters. The molecule has 23 heavy (non-hydrogen) atoms. The van der Waals surface area contributed by atoms with Crippen molar-refractivity contribution in [2.24, 2.45) is 5.41 Å². The molecule has 2 amide bonds. The van der Waals surface area contributed by atoms with Crippen molar-refractivity contribution in [3.8, 4) is 5.75 Å². The van der Waals surface area contributed by atoms with E-state index in [-0.39, 0.29) is 11.4 Å². The quantitative estimate of drug-likeness (QED) is 0.848. The molecule has 0 bridgehead atoms. The van der Waals surface area contributed by atoms with Crippen molar-refractivity contribution in [1.82, 2.24) is 5.32 Å². The highest BCUT2D eigenvalue weighted by atomic mass is 16.6. The van der Waals surface area contributed by atoms with E-state index in [9.17, 15) is 9.59 Å². The van der Waals surface area contributed by atoms with Crippen LogP contribution >= 0.6 is 0 Å². The lowest BCUT2D eigenvalue weighted by atomic mass is 9.87. The predicted octanol–water partition coefficient (Wildman–Crippen LogP) is 4.34. The van der Waals surface area contributed by atoms with Crippen LogP contribution in [-0.4, -0.2) is 17.5 Å². The van der Waals surface area contributed by atoms with Crippen molar-refractivity contribution in [2.75, 3.05) is 5.32 Å². The summed E-state index contributed by atoms with van der Waals surface area (Å²) in [5.41, 5.74) is -0.192. The van der Waals surface area contributed by atoms with Crippen LogP contribution in [0.1, 0.15) is 54.4 Å².